The predicted molar refractivity (Wildman–Crippen MR) is 123 cm³/mol. The Bertz CT molecular complexity index is 661. The van der Waals surface area contributed by atoms with Crippen LogP contribution >= 0.6 is 0 Å². The number of hydrogen-bond donors (Lipinski definition) is 0. The maximum atomic E-state index is 14.4. The van der Waals surface area contributed by atoms with E-state index < -0.39 is 11.6 Å². The molecule has 0 aromatic heterocycles. The molecule has 4 heteroatoms. The molecule has 0 unspecified atom stereocenters. The third-order valence-corrected chi connectivity index (χ3v) is 7.83. The van der Waals surface area contributed by atoms with E-state index in [1.54, 1.807) is 0 Å². The van der Waals surface area contributed by atoms with Crippen molar-refractivity contribution in [3.63, 3.8) is 0 Å². The highest BCUT2D eigenvalue weighted by molar-refractivity contribution is 5.35. The molecule has 0 saturated heterocycles. The van der Waals surface area contributed by atoms with E-state index in [9.17, 15) is 8.78 Å². The van der Waals surface area contributed by atoms with Gasteiger partial charge in [-0.15, -0.1) is 0 Å². The van der Waals surface area contributed by atoms with Crippen LogP contribution < -0.4 is 9.47 Å². The highest BCUT2D eigenvalue weighted by Gasteiger charge is 2.40. The van der Waals surface area contributed by atoms with Crippen LogP contribution in [0.4, 0.5) is 8.78 Å². The Hall–Kier alpha value is -1.32. The minimum Gasteiger partial charge on any atom is -0.490 e. The molecule has 1 aromatic rings. The van der Waals surface area contributed by atoms with Crippen LogP contribution in [0.5, 0.6) is 11.5 Å². The summed E-state index contributed by atoms with van der Waals surface area (Å²) in [5.74, 6) is -0.607. The van der Waals surface area contributed by atoms with Crippen LogP contribution in [-0.4, -0.2) is 13.2 Å². The van der Waals surface area contributed by atoms with Crippen molar-refractivity contribution in [1.29, 1.82) is 0 Å². The molecule has 31 heavy (non-hydrogen) atoms. The van der Waals surface area contributed by atoms with E-state index in [4.69, 9.17) is 9.47 Å². The summed E-state index contributed by atoms with van der Waals surface area (Å²) in [6.45, 7) is 5.21. The summed E-state index contributed by atoms with van der Waals surface area (Å²) in [5, 5.41) is 0. The molecular formula is C27H42F2O2. The Morgan fingerprint density at radius 3 is 2.06 bits per heavy atom. The predicted octanol–water partition coefficient (Wildman–Crippen LogP) is 8.47. The smallest absolute Gasteiger partial charge is 0.204 e. The van der Waals surface area contributed by atoms with Crippen LogP contribution in [0.15, 0.2) is 12.1 Å². The zero-order valence-corrected chi connectivity index (χ0v) is 19.7. The lowest BCUT2D eigenvalue weighted by Crippen LogP contribution is -2.36. The summed E-state index contributed by atoms with van der Waals surface area (Å²) in [6.07, 6.45) is 17.6. The first-order chi connectivity index (χ1) is 15.1. The number of halogens is 2. The zero-order chi connectivity index (χ0) is 22.1. The number of ether oxygens (including phenoxy) is 2. The summed E-state index contributed by atoms with van der Waals surface area (Å²) >= 11 is 0. The molecule has 2 fully saturated rings. The normalized spacial score (nSPS) is 23.5. The monoisotopic (exact) mass is 436 g/mol. The van der Waals surface area contributed by atoms with Crippen LogP contribution in [0, 0.1) is 28.9 Å². The van der Waals surface area contributed by atoms with Gasteiger partial charge in [0.25, 0.3) is 0 Å². The van der Waals surface area contributed by atoms with Gasteiger partial charge in [-0.05, 0) is 80.8 Å². The first-order valence-corrected chi connectivity index (χ1v) is 12.8. The lowest BCUT2D eigenvalue weighted by molar-refractivity contribution is 0.0371. The van der Waals surface area contributed by atoms with Gasteiger partial charge in [0.2, 0.25) is 11.6 Å². The molecule has 176 valence electrons. The van der Waals surface area contributed by atoms with Crippen molar-refractivity contribution in [3.05, 3.63) is 23.8 Å². The van der Waals surface area contributed by atoms with Crippen molar-refractivity contribution in [1.82, 2.24) is 0 Å². The van der Waals surface area contributed by atoms with Crippen LogP contribution in [-0.2, 0) is 0 Å². The van der Waals surface area contributed by atoms with Gasteiger partial charge in [0, 0.05) is 0 Å². The molecule has 0 N–H and O–H groups in total. The maximum absolute atomic E-state index is 14.4. The fourth-order valence-corrected chi connectivity index (χ4v) is 5.86. The Morgan fingerprint density at radius 2 is 1.45 bits per heavy atom. The minimum absolute atomic E-state index is 0.00848. The number of unbranched alkanes of at least 4 members (excludes halogenated alkanes) is 2. The lowest BCUT2D eigenvalue weighted by Gasteiger charge is -2.47. The maximum Gasteiger partial charge on any atom is 0.204 e. The Morgan fingerprint density at radius 1 is 0.839 bits per heavy atom. The van der Waals surface area contributed by atoms with Crippen molar-refractivity contribution in [2.75, 3.05) is 13.2 Å². The van der Waals surface area contributed by atoms with Gasteiger partial charge in [0.15, 0.2) is 11.5 Å². The molecule has 0 bridgehead atoms. The fourth-order valence-electron chi connectivity index (χ4n) is 5.86. The molecule has 2 saturated carbocycles. The highest BCUT2D eigenvalue weighted by atomic mass is 19.2. The Kier molecular flexibility index (Phi) is 9.47. The largest absolute Gasteiger partial charge is 0.490 e. The van der Waals surface area contributed by atoms with Crippen LogP contribution in [0.25, 0.3) is 0 Å². The molecule has 1 aromatic carbocycles. The molecule has 0 radical (unpaired) electrons. The molecule has 0 aliphatic heterocycles. The third kappa shape index (κ3) is 6.35. The highest BCUT2D eigenvalue weighted by Crippen LogP contribution is 2.52. The van der Waals surface area contributed by atoms with Crippen LogP contribution in [0.1, 0.15) is 104 Å². The molecule has 0 atom stereocenters. The molecule has 0 spiro atoms. The summed E-state index contributed by atoms with van der Waals surface area (Å²) in [4.78, 5) is 0. The number of rotatable bonds is 11. The molecule has 2 aliphatic carbocycles. The lowest BCUT2D eigenvalue weighted by atomic mass is 9.59. The topological polar surface area (TPSA) is 18.5 Å². The van der Waals surface area contributed by atoms with E-state index in [2.05, 4.69) is 6.92 Å². The standard InChI is InChI=1S/C27H42F2O2/c1-3-5-16-27(17-8-7-9-18-27)22-12-10-21(11-13-22)20-31-24-15-14-23(25(28)26(24)29)30-19-6-4-2/h14-15,21-22H,3-13,16-20H2,1-2H3. The van der Waals surface area contributed by atoms with E-state index in [1.165, 1.54) is 76.3 Å². The molecule has 3 rings (SSSR count). The van der Waals surface area contributed by atoms with Gasteiger partial charge in [-0.2, -0.15) is 8.78 Å². The Labute approximate surface area is 188 Å². The van der Waals surface area contributed by atoms with Crippen molar-refractivity contribution >= 4 is 0 Å². The second-order valence-electron chi connectivity index (χ2n) is 9.95. The second kappa shape index (κ2) is 12.1. The zero-order valence-electron chi connectivity index (χ0n) is 19.7. The number of benzene rings is 1. The summed E-state index contributed by atoms with van der Waals surface area (Å²) in [6, 6.07) is 2.99. The third-order valence-electron chi connectivity index (χ3n) is 7.83. The molecule has 2 nitrogen and oxygen atoms in total. The van der Waals surface area contributed by atoms with Crippen molar-refractivity contribution < 1.29 is 18.3 Å². The first kappa shape index (κ1) is 24.3. The SMILES string of the molecule is CCCCOc1ccc(OCC2CCC(C3(CCCC)CCCCC3)CC2)c(F)c1F. The quantitative estimate of drug-likeness (QED) is 0.324. The Balaban J connectivity index is 1.50. The van der Waals surface area contributed by atoms with Gasteiger partial charge in [0.1, 0.15) is 0 Å². The van der Waals surface area contributed by atoms with Crippen LogP contribution in [0.3, 0.4) is 0 Å². The molecule has 0 amide bonds. The summed E-state index contributed by atoms with van der Waals surface area (Å²) in [5.41, 5.74) is 0.572. The van der Waals surface area contributed by atoms with E-state index in [-0.39, 0.29) is 11.5 Å². The van der Waals surface area contributed by atoms with Gasteiger partial charge in [-0.25, -0.2) is 0 Å². The second-order valence-corrected chi connectivity index (χ2v) is 9.95. The van der Waals surface area contributed by atoms with Crippen molar-refractivity contribution in [2.45, 2.75) is 104 Å². The van der Waals surface area contributed by atoms with Crippen molar-refractivity contribution in [3.8, 4) is 11.5 Å². The van der Waals surface area contributed by atoms with E-state index >= 15 is 0 Å². The first-order valence-electron chi connectivity index (χ1n) is 12.8. The van der Waals surface area contributed by atoms with Gasteiger partial charge < -0.3 is 9.47 Å². The van der Waals surface area contributed by atoms with Crippen molar-refractivity contribution in [2.24, 2.45) is 17.3 Å². The van der Waals surface area contributed by atoms with Gasteiger partial charge in [-0.1, -0.05) is 52.4 Å². The summed E-state index contributed by atoms with van der Waals surface area (Å²) < 4.78 is 39.8. The fraction of sp³-hybridized carbons (Fsp3) is 0.778. The minimum atomic E-state index is -0.938. The van der Waals surface area contributed by atoms with E-state index in [1.807, 2.05) is 6.92 Å². The molecule has 0 heterocycles. The summed E-state index contributed by atoms with van der Waals surface area (Å²) in [7, 11) is 0. The average molecular weight is 437 g/mol. The van der Waals surface area contributed by atoms with E-state index in [0.717, 1.165) is 31.6 Å². The number of hydrogen-bond acceptors (Lipinski definition) is 2. The van der Waals surface area contributed by atoms with Crippen LogP contribution in [0.2, 0.25) is 0 Å². The molecule has 2 aliphatic rings. The average Bonchev–Trinajstić information content (AvgIpc) is 2.81. The van der Waals surface area contributed by atoms with Gasteiger partial charge in [0.05, 0.1) is 13.2 Å². The van der Waals surface area contributed by atoms with E-state index in [0.29, 0.717) is 24.5 Å². The van der Waals surface area contributed by atoms with Gasteiger partial charge >= 0.3 is 0 Å². The molecular weight excluding hydrogens is 394 g/mol. The van der Waals surface area contributed by atoms with Gasteiger partial charge in [-0.3, -0.25) is 0 Å².